The van der Waals surface area contributed by atoms with Crippen LogP contribution in [0.15, 0.2) is 12.4 Å². The highest BCUT2D eigenvalue weighted by atomic mass is 16.5. The number of hydrogen-bond donors (Lipinski definition) is 1. The fourth-order valence-corrected chi connectivity index (χ4v) is 2.58. The van der Waals surface area contributed by atoms with Gasteiger partial charge in [0.2, 0.25) is 5.88 Å². The third kappa shape index (κ3) is 4.06. The van der Waals surface area contributed by atoms with Gasteiger partial charge in [-0.15, -0.1) is 0 Å². The van der Waals surface area contributed by atoms with Crippen LogP contribution in [-0.4, -0.2) is 43.3 Å². The number of ether oxygens (including phenoxy) is 1. The number of hydrogen-bond acceptors (Lipinski definition) is 5. The molecule has 106 valence electrons. The van der Waals surface area contributed by atoms with Gasteiger partial charge in [0.1, 0.15) is 12.1 Å². The molecule has 0 amide bonds. The summed E-state index contributed by atoms with van der Waals surface area (Å²) in [7, 11) is 1.64. The molecule has 0 saturated carbocycles. The van der Waals surface area contributed by atoms with Gasteiger partial charge in [-0.1, -0.05) is 6.92 Å². The Labute approximate surface area is 115 Å². The molecule has 0 aromatic carbocycles. The molecule has 0 radical (unpaired) electrons. The average Bonchev–Trinajstić information content (AvgIpc) is 2.48. The lowest BCUT2D eigenvalue weighted by Crippen LogP contribution is -2.39. The van der Waals surface area contributed by atoms with Crippen molar-refractivity contribution in [3.05, 3.63) is 12.4 Å². The number of methoxy groups -OCH3 is 1. The van der Waals surface area contributed by atoms with Crippen molar-refractivity contribution in [3.63, 3.8) is 0 Å². The first-order chi connectivity index (χ1) is 9.33. The van der Waals surface area contributed by atoms with Gasteiger partial charge in [-0.05, 0) is 38.3 Å². The largest absolute Gasteiger partial charge is 0.481 e. The highest BCUT2D eigenvalue weighted by Gasteiger charge is 2.18. The van der Waals surface area contributed by atoms with E-state index in [0.29, 0.717) is 11.8 Å². The minimum absolute atomic E-state index is 0.632. The minimum atomic E-state index is 0.632. The molecular formula is C14H24N4O. The van der Waals surface area contributed by atoms with E-state index < -0.39 is 0 Å². The monoisotopic (exact) mass is 264 g/mol. The maximum absolute atomic E-state index is 5.18. The summed E-state index contributed by atoms with van der Waals surface area (Å²) in [5, 5.41) is 3.47. The molecule has 1 aromatic rings. The lowest BCUT2D eigenvalue weighted by Gasteiger charge is -2.30. The second-order valence-corrected chi connectivity index (χ2v) is 5.08. The van der Waals surface area contributed by atoms with Gasteiger partial charge in [-0.25, -0.2) is 9.97 Å². The first-order valence-electron chi connectivity index (χ1n) is 7.15. The summed E-state index contributed by atoms with van der Waals surface area (Å²) in [6.45, 7) is 6.55. The van der Waals surface area contributed by atoms with E-state index in [1.807, 2.05) is 6.07 Å². The molecule has 0 spiro atoms. The molecule has 2 heterocycles. The van der Waals surface area contributed by atoms with Crippen LogP contribution in [0.2, 0.25) is 0 Å². The zero-order chi connectivity index (χ0) is 13.5. The Morgan fingerprint density at radius 1 is 1.47 bits per heavy atom. The third-order valence-corrected chi connectivity index (χ3v) is 3.53. The fraction of sp³-hybridized carbons (Fsp3) is 0.714. The number of piperidine rings is 1. The number of anilines is 1. The van der Waals surface area contributed by atoms with Crippen molar-refractivity contribution < 1.29 is 4.74 Å². The Hall–Kier alpha value is -1.36. The molecule has 19 heavy (non-hydrogen) atoms. The van der Waals surface area contributed by atoms with E-state index in [0.717, 1.165) is 38.4 Å². The van der Waals surface area contributed by atoms with E-state index in [2.05, 4.69) is 27.1 Å². The van der Waals surface area contributed by atoms with Crippen molar-refractivity contribution in [2.45, 2.75) is 26.2 Å². The first-order valence-corrected chi connectivity index (χ1v) is 7.15. The van der Waals surface area contributed by atoms with Gasteiger partial charge < -0.3 is 15.0 Å². The zero-order valence-corrected chi connectivity index (χ0v) is 11.9. The Morgan fingerprint density at radius 3 is 3.05 bits per heavy atom. The van der Waals surface area contributed by atoms with Crippen molar-refractivity contribution in [2.75, 3.05) is 38.2 Å². The van der Waals surface area contributed by atoms with Gasteiger partial charge in [0, 0.05) is 19.2 Å². The maximum Gasteiger partial charge on any atom is 0.218 e. The van der Waals surface area contributed by atoms with E-state index in [1.165, 1.54) is 12.8 Å². The van der Waals surface area contributed by atoms with Gasteiger partial charge in [-0.3, -0.25) is 0 Å². The SMILES string of the molecule is CCCN(CC1CCCNC1)c1cc(OC)ncn1. The second kappa shape index (κ2) is 7.28. The highest BCUT2D eigenvalue weighted by molar-refractivity contribution is 5.40. The van der Waals surface area contributed by atoms with Crippen LogP contribution in [-0.2, 0) is 0 Å². The lowest BCUT2D eigenvalue weighted by molar-refractivity contribution is 0.374. The fourth-order valence-electron chi connectivity index (χ4n) is 2.58. The number of nitrogens with zero attached hydrogens (tertiary/aromatic N) is 3. The van der Waals surface area contributed by atoms with E-state index >= 15 is 0 Å². The van der Waals surface area contributed by atoms with Gasteiger partial charge >= 0.3 is 0 Å². The van der Waals surface area contributed by atoms with Crippen LogP contribution >= 0.6 is 0 Å². The van der Waals surface area contributed by atoms with E-state index in [1.54, 1.807) is 13.4 Å². The summed E-state index contributed by atoms with van der Waals surface area (Å²) in [6.07, 6.45) is 5.27. The third-order valence-electron chi connectivity index (χ3n) is 3.53. The predicted octanol–water partition coefficient (Wildman–Crippen LogP) is 1.70. The predicted molar refractivity (Wildman–Crippen MR) is 76.7 cm³/mol. The Kier molecular flexibility index (Phi) is 5.39. The van der Waals surface area contributed by atoms with Crippen LogP contribution in [0.1, 0.15) is 26.2 Å². The highest BCUT2D eigenvalue weighted by Crippen LogP contribution is 2.19. The molecule has 0 aliphatic carbocycles. The van der Waals surface area contributed by atoms with E-state index in [9.17, 15) is 0 Å². The van der Waals surface area contributed by atoms with Gasteiger partial charge in [-0.2, -0.15) is 0 Å². The number of aromatic nitrogens is 2. The molecule has 1 aromatic heterocycles. The van der Waals surface area contributed by atoms with Crippen molar-refractivity contribution >= 4 is 5.82 Å². The molecule has 1 saturated heterocycles. The number of nitrogens with one attached hydrogen (secondary N) is 1. The maximum atomic E-state index is 5.18. The second-order valence-electron chi connectivity index (χ2n) is 5.08. The van der Waals surface area contributed by atoms with Crippen LogP contribution < -0.4 is 15.0 Å². The molecule has 1 aliphatic rings. The minimum Gasteiger partial charge on any atom is -0.481 e. The standard InChI is InChI=1S/C14H24N4O/c1-3-7-18(10-12-5-4-6-15-9-12)13-8-14(19-2)17-11-16-13/h8,11-12,15H,3-7,9-10H2,1-2H3. The van der Waals surface area contributed by atoms with Crippen LogP contribution in [0.25, 0.3) is 0 Å². The average molecular weight is 264 g/mol. The van der Waals surface area contributed by atoms with Crippen LogP contribution in [0.4, 0.5) is 5.82 Å². The molecule has 1 atom stereocenters. The molecule has 2 rings (SSSR count). The topological polar surface area (TPSA) is 50.3 Å². The summed E-state index contributed by atoms with van der Waals surface area (Å²) in [6, 6.07) is 1.92. The molecule has 1 unspecified atom stereocenters. The molecule has 5 nitrogen and oxygen atoms in total. The van der Waals surface area contributed by atoms with E-state index in [-0.39, 0.29) is 0 Å². The summed E-state index contributed by atoms with van der Waals surface area (Å²) in [5.41, 5.74) is 0. The van der Waals surface area contributed by atoms with Crippen LogP contribution in [0, 0.1) is 5.92 Å². The quantitative estimate of drug-likeness (QED) is 0.847. The van der Waals surface area contributed by atoms with Crippen LogP contribution in [0.5, 0.6) is 5.88 Å². The lowest BCUT2D eigenvalue weighted by atomic mass is 9.99. The summed E-state index contributed by atoms with van der Waals surface area (Å²) in [4.78, 5) is 10.8. The van der Waals surface area contributed by atoms with Gasteiger partial charge in [0.25, 0.3) is 0 Å². The molecule has 1 fully saturated rings. The van der Waals surface area contributed by atoms with Crippen LogP contribution in [0.3, 0.4) is 0 Å². The summed E-state index contributed by atoms with van der Waals surface area (Å²) >= 11 is 0. The Bertz CT molecular complexity index is 379. The molecular weight excluding hydrogens is 240 g/mol. The van der Waals surface area contributed by atoms with Crippen molar-refractivity contribution in [1.29, 1.82) is 0 Å². The smallest absolute Gasteiger partial charge is 0.218 e. The van der Waals surface area contributed by atoms with Crippen molar-refractivity contribution in [1.82, 2.24) is 15.3 Å². The molecule has 1 N–H and O–H groups in total. The normalized spacial score (nSPS) is 19.2. The summed E-state index contributed by atoms with van der Waals surface area (Å²) in [5.74, 6) is 2.31. The number of rotatable bonds is 6. The van der Waals surface area contributed by atoms with Gasteiger partial charge in [0.15, 0.2) is 0 Å². The molecule has 1 aliphatic heterocycles. The molecule has 5 heteroatoms. The van der Waals surface area contributed by atoms with Crippen molar-refractivity contribution in [3.8, 4) is 5.88 Å². The molecule has 0 bridgehead atoms. The van der Waals surface area contributed by atoms with Crippen molar-refractivity contribution in [2.24, 2.45) is 5.92 Å². The van der Waals surface area contributed by atoms with Gasteiger partial charge in [0.05, 0.1) is 7.11 Å². The summed E-state index contributed by atoms with van der Waals surface area (Å²) < 4.78 is 5.18. The first kappa shape index (κ1) is 14.1. The Morgan fingerprint density at radius 2 is 2.37 bits per heavy atom. The zero-order valence-electron chi connectivity index (χ0n) is 11.9. The Balaban J connectivity index is 2.04. The van der Waals surface area contributed by atoms with E-state index in [4.69, 9.17) is 4.74 Å².